The molecule has 0 aromatic carbocycles. The highest BCUT2D eigenvalue weighted by atomic mass is 32.1. The predicted molar refractivity (Wildman–Crippen MR) is 81.2 cm³/mol. The molecule has 1 aromatic rings. The molecule has 0 aliphatic carbocycles. The van der Waals surface area contributed by atoms with E-state index in [0.717, 1.165) is 50.6 Å². The number of hydrogen-bond donors (Lipinski definition) is 2. The molecule has 1 aliphatic heterocycles. The number of anilines is 1. The van der Waals surface area contributed by atoms with Crippen LogP contribution in [0.1, 0.15) is 36.0 Å². The summed E-state index contributed by atoms with van der Waals surface area (Å²) >= 11 is 1.31. The van der Waals surface area contributed by atoms with E-state index in [9.17, 15) is 4.79 Å². The van der Waals surface area contributed by atoms with Crippen molar-refractivity contribution in [1.29, 1.82) is 0 Å². The lowest BCUT2D eigenvalue weighted by molar-refractivity contribution is 0.0938. The summed E-state index contributed by atoms with van der Waals surface area (Å²) in [6, 6.07) is 0. The van der Waals surface area contributed by atoms with Crippen molar-refractivity contribution in [2.24, 2.45) is 5.92 Å². The molecule has 2 rings (SSSR count). The molecule has 0 atom stereocenters. The second kappa shape index (κ2) is 7.54. The van der Waals surface area contributed by atoms with Gasteiger partial charge in [-0.1, -0.05) is 18.3 Å². The van der Waals surface area contributed by atoms with Crippen molar-refractivity contribution in [3.63, 3.8) is 0 Å². The summed E-state index contributed by atoms with van der Waals surface area (Å²) < 4.78 is 0. The lowest BCUT2D eigenvalue weighted by Crippen LogP contribution is -2.36. The van der Waals surface area contributed by atoms with E-state index >= 15 is 0 Å². The van der Waals surface area contributed by atoms with Gasteiger partial charge >= 0.3 is 0 Å². The van der Waals surface area contributed by atoms with Gasteiger partial charge in [-0.25, -0.2) is 0 Å². The second-order valence-electron chi connectivity index (χ2n) is 5.30. The molecule has 0 unspecified atom stereocenters. The van der Waals surface area contributed by atoms with Crippen molar-refractivity contribution >= 4 is 22.4 Å². The summed E-state index contributed by atoms with van der Waals surface area (Å²) in [5.74, 6) is 0.478. The Kier molecular flexibility index (Phi) is 5.72. The van der Waals surface area contributed by atoms with Crippen molar-refractivity contribution in [1.82, 2.24) is 20.4 Å². The maximum Gasteiger partial charge on any atom is 0.282 e. The molecule has 112 valence electrons. The third-order valence-electron chi connectivity index (χ3n) is 3.53. The zero-order chi connectivity index (χ0) is 14.4. The largest absolute Gasteiger partial charge is 0.360 e. The Balaban J connectivity index is 1.75. The molecule has 6 nitrogen and oxygen atoms in total. The first-order valence-electron chi connectivity index (χ1n) is 7.23. The van der Waals surface area contributed by atoms with Crippen LogP contribution in [0.4, 0.5) is 5.13 Å². The number of rotatable bonds is 6. The summed E-state index contributed by atoms with van der Waals surface area (Å²) in [6.07, 6.45) is 3.32. The fourth-order valence-corrected chi connectivity index (χ4v) is 2.88. The Morgan fingerprint density at radius 2 is 2.15 bits per heavy atom. The molecule has 1 fully saturated rings. The van der Waals surface area contributed by atoms with Crippen molar-refractivity contribution < 1.29 is 4.79 Å². The molecule has 1 saturated heterocycles. The van der Waals surface area contributed by atoms with Crippen molar-refractivity contribution in [3.05, 3.63) is 5.01 Å². The van der Waals surface area contributed by atoms with Crippen molar-refractivity contribution in [3.8, 4) is 0 Å². The van der Waals surface area contributed by atoms with Crippen LogP contribution in [0.5, 0.6) is 0 Å². The normalized spacial score (nSPS) is 17.1. The van der Waals surface area contributed by atoms with Gasteiger partial charge in [-0.2, -0.15) is 0 Å². The molecule has 2 heterocycles. The molecule has 0 saturated carbocycles. The second-order valence-corrected chi connectivity index (χ2v) is 6.27. The molecule has 0 bridgehead atoms. The maximum atomic E-state index is 12.0. The van der Waals surface area contributed by atoms with Crippen LogP contribution in [0, 0.1) is 5.92 Å². The molecule has 20 heavy (non-hydrogen) atoms. The van der Waals surface area contributed by atoms with Crippen LogP contribution in [0.2, 0.25) is 0 Å². The molecule has 2 N–H and O–H groups in total. The number of amides is 1. The SMILES string of the molecule is CCCNc1nnc(C(=O)NCC2CCN(C)CC2)s1. The van der Waals surface area contributed by atoms with Crippen LogP contribution in [0.3, 0.4) is 0 Å². The molecule has 1 amide bonds. The number of carbonyl (C=O) groups excluding carboxylic acids is 1. The van der Waals surface area contributed by atoms with Crippen LogP contribution < -0.4 is 10.6 Å². The number of piperidine rings is 1. The molecule has 1 aliphatic rings. The average Bonchev–Trinajstić information content (AvgIpc) is 2.93. The van der Waals surface area contributed by atoms with E-state index in [1.54, 1.807) is 0 Å². The maximum absolute atomic E-state index is 12.0. The fourth-order valence-electron chi connectivity index (χ4n) is 2.20. The van der Waals surface area contributed by atoms with Gasteiger partial charge in [-0.3, -0.25) is 4.79 Å². The zero-order valence-corrected chi connectivity index (χ0v) is 13.0. The number of carbonyl (C=O) groups is 1. The number of nitrogens with zero attached hydrogens (tertiary/aromatic N) is 3. The van der Waals surface area contributed by atoms with Crippen LogP contribution >= 0.6 is 11.3 Å². The van der Waals surface area contributed by atoms with E-state index in [4.69, 9.17) is 0 Å². The monoisotopic (exact) mass is 297 g/mol. The van der Waals surface area contributed by atoms with Gasteiger partial charge in [0.05, 0.1) is 0 Å². The Morgan fingerprint density at radius 1 is 1.40 bits per heavy atom. The Labute approximate surface area is 124 Å². The van der Waals surface area contributed by atoms with Gasteiger partial charge < -0.3 is 15.5 Å². The third kappa shape index (κ3) is 4.42. The van der Waals surface area contributed by atoms with Crippen LogP contribution in [-0.4, -0.2) is 54.2 Å². The van der Waals surface area contributed by atoms with E-state index in [2.05, 4.69) is 39.7 Å². The smallest absolute Gasteiger partial charge is 0.282 e. The third-order valence-corrected chi connectivity index (χ3v) is 4.41. The van der Waals surface area contributed by atoms with Crippen LogP contribution in [0.15, 0.2) is 0 Å². The first-order chi connectivity index (χ1) is 9.69. The Hall–Kier alpha value is -1.21. The van der Waals surface area contributed by atoms with E-state index in [-0.39, 0.29) is 5.91 Å². The molecule has 7 heteroatoms. The minimum atomic E-state index is -0.106. The van der Waals surface area contributed by atoms with Crippen LogP contribution in [0.25, 0.3) is 0 Å². The van der Waals surface area contributed by atoms with Gasteiger partial charge in [0.25, 0.3) is 5.91 Å². The molecule has 0 radical (unpaired) electrons. The molecule has 1 aromatic heterocycles. The van der Waals surface area contributed by atoms with Gasteiger partial charge in [0, 0.05) is 13.1 Å². The standard InChI is InChI=1S/C13H23N5OS/c1-3-6-14-13-17-16-12(20-13)11(19)15-9-10-4-7-18(2)8-5-10/h10H,3-9H2,1-2H3,(H,14,17)(H,15,19). The Bertz CT molecular complexity index is 428. The number of hydrogen-bond acceptors (Lipinski definition) is 6. The number of aromatic nitrogens is 2. The first-order valence-corrected chi connectivity index (χ1v) is 8.04. The zero-order valence-electron chi connectivity index (χ0n) is 12.2. The highest BCUT2D eigenvalue weighted by Crippen LogP contribution is 2.17. The summed E-state index contributed by atoms with van der Waals surface area (Å²) in [4.78, 5) is 14.3. The summed E-state index contributed by atoms with van der Waals surface area (Å²) in [7, 11) is 2.14. The lowest BCUT2D eigenvalue weighted by Gasteiger charge is -2.28. The Morgan fingerprint density at radius 3 is 2.85 bits per heavy atom. The van der Waals surface area contributed by atoms with E-state index < -0.39 is 0 Å². The van der Waals surface area contributed by atoms with E-state index in [1.165, 1.54) is 11.3 Å². The molecular weight excluding hydrogens is 274 g/mol. The number of likely N-dealkylation sites (tertiary alicyclic amines) is 1. The minimum absolute atomic E-state index is 0.106. The molecule has 0 spiro atoms. The number of nitrogens with one attached hydrogen (secondary N) is 2. The van der Waals surface area contributed by atoms with Crippen LogP contribution in [-0.2, 0) is 0 Å². The van der Waals surface area contributed by atoms with Gasteiger partial charge in [-0.15, -0.1) is 10.2 Å². The topological polar surface area (TPSA) is 70.1 Å². The van der Waals surface area contributed by atoms with Gasteiger partial charge in [0.2, 0.25) is 10.1 Å². The highest BCUT2D eigenvalue weighted by Gasteiger charge is 2.19. The summed E-state index contributed by atoms with van der Waals surface area (Å²) in [5.41, 5.74) is 0. The fraction of sp³-hybridized carbons (Fsp3) is 0.769. The highest BCUT2D eigenvalue weighted by molar-refractivity contribution is 7.17. The predicted octanol–water partition coefficient (Wildman–Crippen LogP) is 1.43. The van der Waals surface area contributed by atoms with Crippen molar-refractivity contribution in [2.75, 3.05) is 38.5 Å². The van der Waals surface area contributed by atoms with Gasteiger partial charge in [-0.05, 0) is 45.3 Å². The average molecular weight is 297 g/mol. The molecular formula is C13H23N5OS. The quantitative estimate of drug-likeness (QED) is 0.831. The van der Waals surface area contributed by atoms with Gasteiger partial charge in [0.15, 0.2) is 0 Å². The van der Waals surface area contributed by atoms with Gasteiger partial charge in [0.1, 0.15) is 0 Å². The van der Waals surface area contributed by atoms with Crippen molar-refractivity contribution in [2.45, 2.75) is 26.2 Å². The van der Waals surface area contributed by atoms with E-state index in [1.807, 2.05) is 0 Å². The first kappa shape index (κ1) is 15.2. The van der Waals surface area contributed by atoms with E-state index in [0.29, 0.717) is 10.9 Å². The summed E-state index contributed by atoms with van der Waals surface area (Å²) in [6.45, 7) is 5.91. The lowest BCUT2D eigenvalue weighted by atomic mass is 9.97. The minimum Gasteiger partial charge on any atom is -0.360 e. The summed E-state index contributed by atoms with van der Waals surface area (Å²) in [5, 5.41) is 15.2.